The fourth-order valence-corrected chi connectivity index (χ4v) is 3.27. The van der Waals surface area contributed by atoms with E-state index in [2.05, 4.69) is 16.4 Å². The van der Waals surface area contributed by atoms with Crippen LogP contribution in [0.4, 0.5) is 0 Å². The molecule has 3 aromatic rings. The normalized spacial score (nSPS) is 10.7. The average Bonchev–Trinajstić information content (AvgIpc) is 2.84. The van der Waals surface area contributed by atoms with Gasteiger partial charge in [0.05, 0.1) is 17.1 Å². The molecule has 0 atom stereocenters. The van der Waals surface area contributed by atoms with Crippen LogP contribution < -0.4 is 5.32 Å². The SMILES string of the molecule is Cc1c(C(=O)NCc2ccccn2)sc2ccccc12. The van der Waals surface area contributed by atoms with Gasteiger partial charge in [0.1, 0.15) is 0 Å². The maximum Gasteiger partial charge on any atom is 0.261 e. The van der Waals surface area contributed by atoms with Gasteiger partial charge in [0, 0.05) is 10.9 Å². The van der Waals surface area contributed by atoms with Crippen molar-refractivity contribution < 1.29 is 4.79 Å². The third-order valence-corrected chi connectivity index (χ3v) is 4.48. The summed E-state index contributed by atoms with van der Waals surface area (Å²) in [6.45, 7) is 2.45. The number of rotatable bonds is 3. The van der Waals surface area contributed by atoms with Gasteiger partial charge in [0.25, 0.3) is 5.91 Å². The predicted octanol–water partition coefficient (Wildman–Crippen LogP) is 3.53. The second-order valence-corrected chi connectivity index (χ2v) is 5.61. The van der Waals surface area contributed by atoms with E-state index < -0.39 is 0 Å². The lowest BCUT2D eigenvalue weighted by molar-refractivity contribution is 0.0954. The molecule has 0 spiro atoms. The molecule has 2 aromatic heterocycles. The minimum Gasteiger partial charge on any atom is -0.346 e. The molecule has 1 aromatic carbocycles. The summed E-state index contributed by atoms with van der Waals surface area (Å²) in [5.41, 5.74) is 1.91. The molecule has 1 amide bonds. The van der Waals surface area contributed by atoms with Gasteiger partial charge in [-0.05, 0) is 36.1 Å². The summed E-state index contributed by atoms with van der Waals surface area (Å²) in [6, 6.07) is 13.8. The molecular formula is C16H14N2OS. The van der Waals surface area contributed by atoms with Gasteiger partial charge in [-0.25, -0.2) is 0 Å². The van der Waals surface area contributed by atoms with Crippen LogP contribution in [0, 0.1) is 6.92 Å². The van der Waals surface area contributed by atoms with Gasteiger partial charge >= 0.3 is 0 Å². The summed E-state index contributed by atoms with van der Waals surface area (Å²) < 4.78 is 1.15. The van der Waals surface area contributed by atoms with Crippen molar-refractivity contribution in [2.75, 3.05) is 0 Å². The van der Waals surface area contributed by atoms with E-state index in [1.54, 1.807) is 6.20 Å². The van der Waals surface area contributed by atoms with Crippen molar-refractivity contribution in [2.45, 2.75) is 13.5 Å². The molecule has 0 aliphatic rings. The van der Waals surface area contributed by atoms with E-state index >= 15 is 0 Å². The Morgan fingerprint density at radius 1 is 1.20 bits per heavy atom. The first-order chi connectivity index (χ1) is 9.75. The Kier molecular flexibility index (Phi) is 3.48. The molecule has 3 rings (SSSR count). The maximum absolute atomic E-state index is 12.3. The highest BCUT2D eigenvalue weighted by atomic mass is 32.1. The zero-order chi connectivity index (χ0) is 13.9. The fraction of sp³-hybridized carbons (Fsp3) is 0.125. The van der Waals surface area contributed by atoms with Gasteiger partial charge in [0.15, 0.2) is 0 Å². The Balaban J connectivity index is 1.81. The van der Waals surface area contributed by atoms with Gasteiger partial charge in [-0.3, -0.25) is 9.78 Å². The van der Waals surface area contributed by atoms with Crippen molar-refractivity contribution >= 4 is 27.3 Å². The molecule has 3 nitrogen and oxygen atoms in total. The van der Waals surface area contributed by atoms with Crippen molar-refractivity contribution in [2.24, 2.45) is 0 Å². The number of nitrogens with zero attached hydrogens (tertiary/aromatic N) is 1. The Labute approximate surface area is 121 Å². The molecule has 20 heavy (non-hydrogen) atoms. The highest BCUT2D eigenvalue weighted by Crippen LogP contribution is 2.30. The molecule has 0 saturated carbocycles. The lowest BCUT2D eigenvalue weighted by atomic mass is 10.1. The zero-order valence-corrected chi connectivity index (χ0v) is 11.9. The largest absolute Gasteiger partial charge is 0.346 e. The Morgan fingerprint density at radius 3 is 2.75 bits per heavy atom. The first-order valence-corrected chi connectivity index (χ1v) is 7.23. The third kappa shape index (κ3) is 2.42. The second-order valence-electron chi connectivity index (χ2n) is 4.56. The summed E-state index contributed by atoms with van der Waals surface area (Å²) >= 11 is 1.53. The average molecular weight is 282 g/mol. The molecule has 0 aliphatic carbocycles. The van der Waals surface area contributed by atoms with Crippen LogP contribution in [0.25, 0.3) is 10.1 Å². The van der Waals surface area contributed by atoms with Gasteiger partial charge < -0.3 is 5.32 Å². The number of nitrogens with one attached hydrogen (secondary N) is 1. The van der Waals surface area contributed by atoms with Crippen molar-refractivity contribution in [3.05, 3.63) is 64.8 Å². The van der Waals surface area contributed by atoms with Crippen molar-refractivity contribution in [3.63, 3.8) is 0 Å². The minimum atomic E-state index is -0.0330. The maximum atomic E-state index is 12.3. The first-order valence-electron chi connectivity index (χ1n) is 6.42. The van der Waals surface area contributed by atoms with E-state index in [1.807, 2.05) is 43.3 Å². The van der Waals surface area contributed by atoms with E-state index in [0.29, 0.717) is 6.54 Å². The highest BCUT2D eigenvalue weighted by molar-refractivity contribution is 7.21. The van der Waals surface area contributed by atoms with Crippen molar-refractivity contribution in [3.8, 4) is 0 Å². The fourth-order valence-electron chi connectivity index (χ4n) is 2.14. The number of hydrogen-bond donors (Lipinski definition) is 1. The van der Waals surface area contributed by atoms with Crippen LogP contribution in [0.5, 0.6) is 0 Å². The van der Waals surface area contributed by atoms with E-state index in [-0.39, 0.29) is 5.91 Å². The van der Waals surface area contributed by atoms with Gasteiger partial charge in [-0.15, -0.1) is 11.3 Å². The first kappa shape index (κ1) is 12.8. The predicted molar refractivity (Wildman–Crippen MR) is 82.0 cm³/mol. The van der Waals surface area contributed by atoms with Crippen LogP contribution in [-0.4, -0.2) is 10.9 Å². The summed E-state index contributed by atoms with van der Waals surface area (Å²) in [5.74, 6) is -0.0330. The number of thiophene rings is 1. The number of amides is 1. The standard InChI is InChI=1S/C16H14N2OS/c1-11-13-7-2-3-8-14(13)20-15(11)16(19)18-10-12-6-4-5-9-17-12/h2-9H,10H2,1H3,(H,18,19). The van der Waals surface area contributed by atoms with Crippen LogP contribution in [0.2, 0.25) is 0 Å². The number of fused-ring (bicyclic) bond motifs is 1. The minimum absolute atomic E-state index is 0.0330. The molecule has 2 heterocycles. The topological polar surface area (TPSA) is 42.0 Å². The number of carbonyl (C=O) groups excluding carboxylic acids is 1. The summed E-state index contributed by atoms with van der Waals surface area (Å²) in [5, 5.41) is 4.08. The molecule has 100 valence electrons. The zero-order valence-electron chi connectivity index (χ0n) is 11.1. The van der Waals surface area contributed by atoms with Gasteiger partial charge in [0.2, 0.25) is 0 Å². The van der Waals surface area contributed by atoms with Crippen LogP contribution in [0.3, 0.4) is 0 Å². The van der Waals surface area contributed by atoms with Crippen LogP contribution in [0.1, 0.15) is 20.9 Å². The van der Waals surface area contributed by atoms with Gasteiger partial charge in [-0.1, -0.05) is 24.3 Å². The van der Waals surface area contributed by atoms with Crippen molar-refractivity contribution in [1.29, 1.82) is 0 Å². The molecule has 4 heteroatoms. The molecule has 0 radical (unpaired) electrons. The van der Waals surface area contributed by atoms with Crippen LogP contribution >= 0.6 is 11.3 Å². The van der Waals surface area contributed by atoms with Crippen molar-refractivity contribution in [1.82, 2.24) is 10.3 Å². The molecular weight excluding hydrogens is 268 g/mol. The molecule has 0 bridgehead atoms. The van der Waals surface area contributed by atoms with E-state index in [0.717, 1.165) is 26.2 Å². The third-order valence-electron chi connectivity index (χ3n) is 3.21. The molecule has 0 unspecified atom stereocenters. The molecule has 0 fully saturated rings. The lowest BCUT2D eigenvalue weighted by Gasteiger charge is -2.03. The van der Waals surface area contributed by atoms with E-state index in [4.69, 9.17) is 0 Å². The smallest absolute Gasteiger partial charge is 0.261 e. The monoisotopic (exact) mass is 282 g/mol. The number of benzene rings is 1. The Morgan fingerprint density at radius 2 is 2.00 bits per heavy atom. The van der Waals surface area contributed by atoms with E-state index in [9.17, 15) is 4.79 Å². The van der Waals surface area contributed by atoms with Crippen LogP contribution in [0.15, 0.2) is 48.7 Å². The Hall–Kier alpha value is -2.20. The summed E-state index contributed by atoms with van der Waals surface area (Å²) in [4.78, 5) is 17.3. The Bertz CT molecular complexity index is 750. The lowest BCUT2D eigenvalue weighted by Crippen LogP contribution is -2.22. The highest BCUT2D eigenvalue weighted by Gasteiger charge is 2.14. The summed E-state index contributed by atoms with van der Waals surface area (Å²) in [6.07, 6.45) is 1.73. The number of hydrogen-bond acceptors (Lipinski definition) is 3. The van der Waals surface area contributed by atoms with Gasteiger partial charge in [-0.2, -0.15) is 0 Å². The number of aryl methyl sites for hydroxylation is 1. The van der Waals surface area contributed by atoms with Crippen LogP contribution in [-0.2, 0) is 6.54 Å². The molecule has 1 N–H and O–H groups in total. The van der Waals surface area contributed by atoms with E-state index in [1.165, 1.54) is 11.3 Å². The number of aromatic nitrogens is 1. The molecule has 0 saturated heterocycles. The second kappa shape index (κ2) is 5.43. The number of pyridine rings is 1. The number of carbonyl (C=O) groups is 1. The molecule has 0 aliphatic heterocycles. The summed E-state index contributed by atoms with van der Waals surface area (Å²) in [7, 11) is 0. The quantitative estimate of drug-likeness (QED) is 0.798.